The van der Waals surface area contributed by atoms with Gasteiger partial charge in [0, 0.05) is 0 Å². The third-order valence-corrected chi connectivity index (χ3v) is 16.9. The monoisotopic (exact) mass is 1300 g/mol. The van der Waals surface area contributed by atoms with Gasteiger partial charge in [-0.05, 0) is 0 Å². The predicted octanol–water partition coefficient (Wildman–Crippen LogP) is -17.4. The second-order valence-corrected chi connectivity index (χ2v) is 22.5. The molecular formula is C48H80O40. The molecule has 30 aliphatic rings. The average Bonchev–Trinajstić information content (AvgIpc) is 3.52. The van der Waals surface area contributed by atoms with Gasteiger partial charge in [0.1, 0.15) is 195 Å². The molecule has 30 rings (SSSR count). The molecule has 88 heavy (non-hydrogen) atoms. The van der Waals surface area contributed by atoms with Gasteiger partial charge in [-0.25, -0.2) is 0 Å². The van der Waals surface area contributed by atoms with Gasteiger partial charge in [0.2, 0.25) is 0 Å². The summed E-state index contributed by atoms with van der Waals surface area (Å²) in [4.78, 5) is 0. The summed E-state index contributed by atoms with van der Waals surface area (Å²) in [6, 6.07) is 0. The summed E-state index contributed by atoms with van der Waals surface area (Å²) in [6.45, 7) is -8.64. The van der Waals surface area contributed by atoms with Crippen LogP contribution in [-0.4, -0.2) is 421 Å². The Kier molecular flexibility index (Phi) is 24.1. The molecule has 0 saturated carbocycles. The Morgan fingerprint density at radius 3 is 0.307 bits per heavy atom. The van der Waals surface area contributed by atoms with Crippen LogP contribution in [0.15, 0.2) is 0 Å². The summed E-state index contributed by atoms with van der Waals surface area (Å²) in [5.41, 5.74) is 0. The molecule has 40 heteroatoms. The molecule has 0 radical (unpaired) electrons. The Morgan fingerprint density at radius 1 is 0.136 bits per heavy atom. The minimum atomic E-state index is -2.25. The van der Waals surface area contributed by atoms with Gasteiger partial charge in [-0.2, -0.15) is 0 Å². The third-order valence-electron chi connectivity index (χ3n) is 16.9. The first-order valence-corrected chi connectivity index (χ1v) is 28.1. The Labute approximate surface area is 496 Å². The molecule has 30 saturated heterocycles. The predicted molar refractivity (Wildman–Crippen MR) is 261 cm³/mol. The first-order chi connectivity index (χ1) is 41.9. The van der Waals surface area contributed by atoms with E-state index in [0.717, 1.165) is 0 Å². The molecular weight excluding hydrogens is 1220 g/mol. The lowest BCUT2D eigenvalue weighted by molar-refractivity contribution is -0.404. The van der Waals surface area contributed by atoms with Gasteiger partial charge in [-0.1, -0.05) is 0 Å². The fraction of sp³-hybridized carbons (Fsp3) is 1.00. The highest BCUT2D eigenvalue weighted by molar-refractivity contribution is 5.02. The van der Waals surface area contributed by atoms with Crippen molar-refractivity contribution < 1.29 is 198 Å². The molecule has 30 fully saturated rings. The van der Waals surface area contributed by atoms with E-state index in [0.29, 0.717) is 0 Å². The van der Waals surface area contributed by atoms with Crippen molar-refractivity contribution in [2.24, 2.45) is 0 Å². The van der Waals surface area contributed by atoms with Crippen molar-refractivity contribution in [2.45, 2.75) is 246 Å². The van der Waals surface area contributed by atoms with Gasteiger partial charge in [0.25, 0.3) is 0 Å². The van der Waals surface area contributed by atoms with Crippen LogP contribution in [0.2, 0.25) is 0 Å². The van der Waals surface area contributed by atoms with Crippen LogP contribution in [0.5, 0.6) is 0 Å². The Bertz CT molecular complexity index is 1700. The Hall–Kier alpha value is -1.60. The smallest absolute Gasteiger partial charge is 0.187 e. The fourth-order valence-corrected chi connectivity index (χ4v) is 11.9. The van der Waals surface area contributed by atoms with Crippen LogP contribution in [0.25, 0.3) is 0 Å². The molecule has 0 aromatic heterocycles. The maximum absolute atomic E-state index is 11.4. The van der Waals surface area contributed by atoms with E-state index in [4.69, 9.17) is 75.8 Å². The van der Waals surface area contributed by atoms with E-state index in [1.165, 1.54) is 0 Å². The second kappa shape index (κ2) is 30.0. The zero-order valence-electron chi connectivity index (χ0n) is 46.0. The molecule has 40 atom stereocenters. The summed E-state index contributed by atoms with van der Waals surface area (Å²) in [5, 5.41) is 265. The quantitative estimate of drug-likeness (QED) is 0.107. The van der Waals surface area contributed by atoms with Crippen molar-refractivity contribution in [1.29, 1.82) is 0 Å². The number of ether oxygens (including phenoxy) is 16. The number of hydrogen-bond acceptors (Lipinski definition) is 40. The minimum Gasteiger partial charge on any atom is -0.394 e. The van der Waals surface area contributed by atoms with E-state index in [-0.39, 0.29) is 0 Å². The first-order valence-electron chi connectivity index (χ1n) is 28.1. The maximum atomic E-state index is 11.4. The highest BCUT2D eigenvalue weighted by atomic mass is 16.8. The summed E-state index contributed by atoms with van der Waals surface area (Å²) < 4.78 is 91.1. The lowest BCUT2D eigenvalue weighted by atomic mass is 9.94. The van der Waals surface area contributed by atoms with E-state index < -0.39 is 299 Å². The van der Waals surface area contributed by atoms with Gasteiger partial charge in [0.15, 0.2) is 50.3 Å². The zero-order chi connectivity index (χ0) is 64.1. The number of aliphatic hydroxyl groups excluding tert-OH is 24. The largest absolute Gasteiger partial charge is 0.394 e. The van der Waals surface area contributed by atoms with Crippen LogP contribution < -0.4 is 0 Å². The molecule has 0 aromatic carbocycles. The SMILES string of the molecule is OC[C@H]1OC2OC3[C@@H](CO)OC(O[C@H]4[C@H](O)C(O)C(O[C@H]5[C@H](O)C(O)C(OC6[C@@H](CO)OC(O[C@H]7[C@H](O)[C@@H](O)C(O[C@H]8[C@H](O)[C@@H](O)C(O[C@H]9[C@H](O)C(O)C(OC1[C@H](O)[C@H]2O)O[C@@H]9CO)O[C@@H]8CO)O[C@@H]7CO)[C@H](O)[C@H]6O)O[C@@H]5CO)O[C@@H]4CO)[C@H](O)[C@H]3O. The van der Waals surface area contributed by atoms with Gasteiger partial charge in [0.05, 0.1) is 52.9 Å². The van der Waals surface area contributed by atoms with Crippen LogP contribution in [-0.2, 0) is 75.8 Å². The van der Waals surface area contributed by atoms with Crippen LogP contribution in [0.1, 0.15) is 0 Å². The molecule has 30 heterocycles. The molecule has 512 valence electrons. The molecule has 14 unspecified atom stereocenters. The molecule has 40 nitrogen and oxygen atoms in total. The summed E-state index contributed by atoms with van der Waals surface area (Å²) in [5.74, 6) is 0. The zero-order valence-corrected chi connectivity index (χ0v) is 46.0. The summed E-state index contributed by atoms with van der Waals surface area (Å²) >= 11 is 0. The Morgan fingerprint density at radius 2 is 0.227 bits per heavy atom. The molecule has 0 aliphatic carbocycles. The lowest BCUT2D eigenvalue weighted by Crippen LogP contribution is -2.69. The lowest BCUT2D eigenvalue weighted by Gasteiger charge is -2.50. The molecule has 0 amide bonds. The van der Waals surface area contributed by atoms with Crippen LogP contribution in [0.4, 0.5) is 0 Å². The molecule has 0 aromatic rings. The van der Waals surface area contributed by atoms with Gasteiger partial charge in [-0.3, -0.25) is 0 Å². The highest BCUT2D eigenvalue weighted by Gasteiger charge is 2.60. The van der Waals surface area contributed by atoms with Crippen LogP contribution >= 0.6 is 0 Å². The second-order valence-electron chi connectivity index (χ2n) is 22.5. The van der Waals surface area contributed by atoms with Crippen molar-refractivity contribution in [3.8, 4) is 0 Å². The Balaban J connectivity index is 0.975. The summed E-state index contributed by atoms with van der Waals surface area (Å²) in [7, 11) is 0. The molecule has 16 bridgehead atoms. The first kappa shape index (κ1) is 70.7. The van der Waals surface area contributed by atoms with Crippen LogP contribution in [0, 0.1) is 0 Å². The van der Waals surface area contributed by atoms with Crippen molar-refractivity contribution >= 4 is 0 Å². The van der Waals surface area contributed by atoms with Crippen LogP contribution in [0.3, 0.4) is 0 Å². The molecule has 0 spiro atoms. The standard InChI is InChI=1S/C48H80O40/c49-1-9-33-17(57)25(65)41(73-9)82-34-10(2-50)75-43(27(67)19(34)59)84-36-12(4-52)77-45(29(69)21(36)61)86-38-14(6-54)79-47(31(71)23(38)63)88-40-16(8-56)80-48(32(72)24(40)64)87-39-15(7-55)78-46(30(70)22(39)62)85-37-13(5-53)76-44(28(68)20(37)60)83-35-11(3-51)74-42(81-33)26(66)18(35)58/h9-72H,1-8H2/t9-,10-,11-,12-,13-,14-,15-,16-,17-,18-,19-,20-,21-,22-,23-,24-,25-,26-,27-,28?,29?,30?,31-,32-,33-,34-,35?,36-,37-,38?,39-,40?,41?,42?,43?,44?,45?,46?,47?,48?/m1/s1. The van der Waals surface area contributed by atoms with E-state index >= 15 is 0 Å². The van der Waals surface area contributed by atoms with Gasteiger partial charge in [-0.15, -0.1) is 0 Å². The maximum Gasteiger partial charge on any atom is 0.187 e. The average molecular weight is 1300 g/mol. The number of aliphatic hydroxyl groups is 24. The van der Waals surface area contributed by atoms with Gasteiger partial charge >= 0.3 is 0 Å². The fourth-order valence-electron chi connectivity index (χ4n) is 11.9. The third kappa shape index (κ3) is 13.8. The molecule has 24 N–H and O–H groups in total. The summed E-state index contributed by atoms with van der Waals surface area (Å²) in [6.07, 6.45) is -82.0. The number of rotatable bonds is 8. The van der Waals surface area contributed by atoms with E-state index in [1.807, 2.05) is 0 Å². The van der Waals surface area contributed by atoms with Gasteiger partial charge < -0.3 is 198 Å². The van der Waals surface area contributed by atoms with Crippen molar-refractivity contribution in [3.05, 3.63) is 0 Å². The highest BCUT2D eigenvalue weighted by Crippen LogP contribution is 2.40. The normalized spacial score (nSPS) is 55.4. The number of hydrogen-bond donors (Lipinski definition) is 24. The van der Waals surface area contributed by atoms with E-state index in [1.54, 1.807) is 0 Å². The van der Waals surface area contributed by atoms with Crippen molar-refractivity contribution in [1.82, 2.24) is 0 Å². The van der Waals surface area contributed by atoms with Crippen molar-refractivity contribution in [2.75, 3.05) is 52.9 Å². The minimum absolute atomic E-state index is 1.08. The van der Waals surface area contributed by atoms with Crippen molar-refractivity contribution in [3.63, 3.8) is 0 Å². The molecule has 30 aliphatic heterocycles. The van der Waals surface area contributed by atoms with E-state index in [9.17, 15) is 123 Å². The topological polar surface area (TPSA) is 633 Å². The van der Waals surface area contributed by atoms with E-state index in [2.05, 4.69) is 0 Å².